The second kappa shape index (κ2) is 14.0. The van der Waals surface area contributed by atoms with Gasteiger partial charge in [-0.2, -0.15) is 0 Å². The summed E-state index contributed by atoms with van der Waals surface area (Å²) in [5.74, 6) is 0.518. The van der Waals surface area contributed by atoms with E-state index in [-0.39, 0.29) is 4.91 Å². The minimum absolute atomic E-state index is 0.204. The largest absolute Gasteiger partial charge is 0.495 e. The molecule has 3 aromatic carbocycles. The SMILES string of the molecule is C=CCc1cc(/C=C2\SC(=O)N(CC(=O)Nc3ccccc3OC)C2=O)cc(OCC)c1OCc1ccc(Br)cc1. The summed E-state index contributed by atoms with van der Waals surface area (Å²) in [5, 5.41) is 2.16. The van der Waals surface area contributed by atoms with Crippen LogP contribution in [0.4, 0.5) is 10.5 Å². The average molecular weight is 638 g/mol. The molecule has 0 unspecified atom stereocenters. The molecular weight excluding hydrogens is 608 g/mol. The summed E-state index contributed by atoms with van der Waals surface area (Å²) < 4.78 is 18.3. The molecule has 212 valence electrons. The Hall–Kier alpha value is -4.02. The number of amides is 3. The quantitative estimate of drug-likeness (QED) is 0.172. The number of nitrogens with zero attached hydrogens (tertiary/aromatic N) is 1. The van der Waals surface area contributed by atoms with E-state index >= 15 is 0 Å². The zero-order valence-electron chi connectivity index (χ0n) is 22.6. The summed E-state index contributed by atoms with van der Waals surface area (Å²) >= 11 is 4.22. The van der Waals surface area contributed by atoms with Gasteiger partial charge in [0.1, 0.15) is 18.9 Å². The second-order valence-corrected chi connectivity index (χ2v) is 10.8. The fraction of sp³-hybridized carbons (Fsp3) is 0.194. The Morgan fingerprint density at radius 1 is 1.07 bits per heavy atom. The fourth-order valence-electron chi connectivity index (χ4n) is 4.11. The molecule has 0 spiro atoms. The molecule has 1 aliphatic heterocycles. The number of halogens is 1. The number of ether oxygens (including phenoxy) is 3. The number of rotatable bonds is 12. The van der Waals surface area contributed by atoms with Crippen LogP contribution >= 0.6 is 27.7 Å². The number of methoxy groups -OCH3 is 1. The summed E-state index contributed by atoms with van der Waals surface area (Å²) in [6.07, 6.45) is 3.88. The van der Waals surface area contributed by atoms with Crippen molar-refractivity contribution in [2.45, 2.75) is 20.0 Å². The van der Waals surface area contributed by atoms with Crippen molar-refractivity contribution in [1.82, 2.24) is 4.90 Å². The van der Waals surface area contributed by atoms with Gasteiger partial charge in [-0.3, -0.25) is 19.3 Å². The summed E-state index contributed by atoms with van der Waals surface area (Å²) in [5.41, 5.74) is 2.92. The summed E-state index contributed by atoms with van der Waals surface area (Å²) in [6.45, 7) is 6.06. The van der Waals surface area contributed by atoms with Gasteiger partial charge in [0.05, 0.1) is 24.3 Å². The molecule has 1 aliphatic rings. The minimum Gasteiger partial charge on any atom is -0.495 e. The normalized spacial score (nSPS) is 13.8. The molecule has 41 heavy (non-hydrogen) atoms. The monoisotopic (exact) mass is 636 g/mol. The van der Waals surface area contributed by atoms with Crippen LogP contribution in [0.15, 0.2) is 82.7 Å². The molecule has 0 radical (unpaired) electrons. The van der Waals surface area contributed by atoms with E-state index in [1.807, 2.05) is 37.3 Å². The van der Waals surface area contributed by atoms with Crippen molar-refractivity contribution < 1.29 is 28.6 Å². The molecule has 1 saturated heterocycles. The number of hydrogen-bond donors (Lipinski definition) is 1. The number of hydrogen-bond acceptors (Lipinski definition) is 7. The van der Waals surface area contributed by atoms with Crippen molar-refractivity contribution in [3.63, 3.8) is 0 Å². The smallest absolute Gasteiger partial charge is 0.294 e. The predicted octanol–water partition coefficient (Wildman–Crippen LogP) is 6.84. The van der Waals surface area contributed by atoms with Gasteiger partial charge in [-0.05, 0) is 78.7 Å². The number of carbonyl (C=O) groups is 3. The van der Waals surface area contributed by atoms with Crippen LogP contribution in [0, 0.1) is 0 Å². The number of benzene rings is 3. The summed E-state index contributed by atoms with van der Waals surface area (Å²) in [4.78, 5) is 39.6. The van der Waals surface area contributed by atoms with Crippen LogP contribution < -0.4 is 19.5 Å². The van der Waals surface area contributed by atoms with Gasteiger partial charge in [0.2, 0.25) is 5.91 Å². The van der Waals surface area contributed by atoms with Crippen molar-refractivity contribution in [3.05, 3.63) is 99.4 Å². The van der Waals surface area contributed by atoms with Crippen LogP contribution in [0.2, 0.25) is 0 Å². The lowest BCUT2D eigenvalue weighted by molar-refractivity contribution is -0.127. The van der Waals surface area contributed by atoms with E-state index in [0.717, 1.165) is 32.3 Å². The fourth-order valence-corrected chi connectivity index (χ4v) is 5.21. The molecule has 1 fully saturated rings. The zero-order valence-corrected chi connectivity index (χ0v) is 25.0. The molecule has 1 heterocycles. The lowest BCUT2D eigenvalue weighted by Gasteiger charge is -2.17. The topological polar surface area (TPSA) is 94.2 Å². The van der Waals surface area contributed by atoms with Crippen molar-refractivity contribution in [1.29, 1.82) is 0 Å². The first-order valence-electron chi connectivity index (χ1n) is 12.8. The van der Waals surface area contributed by atoms with Crippen molar-refractivity contribution in [3.8, 4) is 17.2 Å². The lowest BCUT2D eigenvalue weighted by atomic mass is 10.0. The third kappa shape index (κ3) is 7.59. The van der Waals surface area contributed by atoms with Crippen LogP contribution in [0.1, 0.15) is 23.6 Å². The van der Waals surface area contributed by atoms with E-state index in [2.05, 4.69) is 27.8 Å². The summed E-state index contributed by atoms with van der Waals surface area (Å²) in [6, 6.07) is 18.4. The van der Waals surface area contributed by atoms with Gasteiger partial charge in [0.15, 0.2) is 11.5 Å². The first-order chi connectivity index (χ1) is 19.8. The number of nitrogens with one attached hydrogen (secondary N) is 1. The van der Waals surface area contributed by atoms with E-state index in [9.17, 15) is 14.4 Å². The number of allylic oxidation sites excluding steroid dienone is 1. The molecule has 3 amide bonds. The molecule has 4 rings (SSSR count). The molecule has 0 aliphatic carbocycles. The number of imide groups is 1. The Morgan fingerprint density at radius 2 is 1.83 bits per heavy atom. The third-order valence-corrected chi connectivity index (χ3v) is 7.40. The van der Waals surface area contributed by atoms with Crippen LogP contribution in [0.5, 0.6) is 17.2 Å². The molecule has 0 bridgehead atoms. The average Bonchev–Trinajstić information content (AvgIpc) is 3.21. The van der Waals surface area contributed by atoms with Gasteiger partial charge < -0.3 is 19.5 Å². The van der Waals surface area contributed by atoms with Crippen LogP contribution in [0.25, 0.3) is 6.08 Å². The summed E-state index contributed by atoms with van der Waals surface area (Å²) in [7, 11) is 1.49. The molecule has 3 aromatic rings. The highest BCUT2D eigenvalue weighted by Gasteiger charge is 2.36. The standard InChI is InChI=1S/C31H29BrN2O6S/c1-4-8-22-15-21(16-26(39-5-2)29(22)40-19-20-11-13-23(32)14-12-20)17-27-30(36)34(31(37)41-27)18-28(35)33-24-9-6-7-10-25(24)38-3/h4,6-7,9-17H,1,5,8,18-19H2,2-3H3,(H,33,35)/b27-17-. The van der Waals surface area contributed by atoms with Gasteiger partial charge in [-0.1, -0.05) is 46.3 Å². The van der Waals surface area contributed by atoms with Crippen LogP contribution in [-0.4, -0.2) is 42.2 Å². The Labute approximate surface area is 251 Å². The maximum Gasteiger partial charge on any atom is 0.294 e. The van der Waals surface area contributed by atoms with Gasteiger partial charge in [-0.15, -0.1) is 6.58 Å². The maximum absolute atomic E-state index is 13.1. The highest BCUT2D eigenvalue weighted by Crippen LogP contribution is 2.38. The zero-order chi connectivity index (χ0) is 29.4. The molecule has 0 atom stereocenters. The van der Waals surface area contributed by atoms with Crippen molar-refractivity contribution in [2.75, 3.05) is 25.6 Å². The van der Waals surface area contributed by atoms with E-state index < -0.39 is 23.6 Å². The second-order valence-electron chi connectivity index (χ2n) is 8.86. The van der Waals surface area contributed by atoms with E-state index in [1.54, 1.807) is 42.5 Å². The molecule has 1 N–H and O–H groups in total. The number of thioether (sulfide) groups is 1. The van der Waals surface area contributed by atoms with Gasteiger partial charge in [-0.25, -0.2) is 0 Å². The molecule has 0 saturated carbocycles. The van der Waals surface area contributed by atoms with E-state index in [0.29, 0.717) is 48.1 Å². The highest BCUT2D eigenvalue weighted by atomic mass is 79.9. The van der Waals surface area contributed by atoms with Gasteiger partial charge in [0.25, 0.3) is 11.1 Å². The molecule has 10 heteroatoms. The van der Waals surface area contributed by atoms with E-state index in [1.165, 1.54) is 7.11 Å². The van der Waals surface area contributed by atoms with Gasteiger partial charge in [0, 0.05) is 10.0 Å². The van der Waals surface area contributed by atoms with Crippen molar-refractivity contribution >= 4 is 56.5 Å². The molecular formula is C31H29BrN2O6S. The molecule has 8 nitrogen and oxygen atoms in total. The first-order valence-corrected chi connectivity index (χ1v) is 14.4. The van der Waals surface area contributed by atoms with E-state index in [4.69, 9.17) is 14.2 Å². The Kier molecular flexibility index (Phi) is 10.3. The number of carbonyl (C=O) groups excluding carboxylic acids is 3. The highest BCUT2D eigenvalue weighted by molar-refractivity contribution is 9.10. The number of para-hydroxylation sites is 2. The van der Waals surface area contributed by atoms with Crippen molar-refractivity contribution in [2.24, 2.45) is 0 Å². The maximum atomic E-state index is 13.1. The Morgan fingerprint density at radius 3 is 2.54 bits per heavy atom. The third-order valence-electron chi connectivity index (χ3n) is 5.97. The van der Waals surface area contributed by atoms with Crippen LogP contribution in [-0.2, 0) is 22.6 Å². The van der Waals surface area contributed by atoms with Gasteiger partial charge >= 0.3 is 0 Å². The first kappa shape index (κ1) is 30.0. The lowest BCUT2D eigenvalue weighted by Crippen LogP contribution is -2.36. The molecule has 0 aromatic heterocycles. The Balaban J connectivity index is 1.54. The number of anilines is 1. The minimum atomic E-state index is -0.547. The van der Waals surface area contributed by atoms with Crippen LogP contribution in [0.3, 0.4) is 0 Å². The Bertz CT molecular complexity index is 1490. The predicted molar refractivity (Wildman–Crippen MR) is 164 cm³/mol.